The predicted molar refractivity (Wildman–Crippen MR) is 89.9 cm³/mol. The summed E-state index contributed by atoms with van der Waals surface area (Å²) in [5.41, 5.74) is 1.30. The van der Waals surface area contributed by atoms with Gasteiger partial charge in [-0.15, -0.1) is 0 Å². The monoisotopic (exact) mass is 389 g/mol. The van der Waals surface area contributed by atoms with Crippen LogP contribution in [0.25, 0.3) is 0 Å². The van der Waals surface area contributed by atoms with Gasteiger partial charge in [-0.1, -0.05) is 6.92 Å². The zero-order valence-corrected chi connectivity index (χ0v) is 14.3. The van der Waals surface area contributed by atoms with E-state index in [4.69, 9.17) is 9.97 Å². The molecule has 1 unspecified atom stereocenters. The van der Waals surface area contributed by atoms with Crippen LogP contribution in [-0.2, 0) is 0 Å². The maximum absolute atomic E-state index is 4.91. The fraction of sp³-hybridized carbons (Fsp3) is 0.714. The highest BCUT2D eigenvalue weighted by atomic mass is 127. The molecule has 2 fully saturated rings. The Morgan fingerprint density at radius 1 is 1.32 bits per heavy atom. The highest BCUT2D eigenvalue weighted by molar-refractivity contribution is 14.1. The number of nitrogens with one attached hydrogen (secondary N) is 1. The first-order chi connectivity index (χ1) is 9.29. The lowest BCUT2D eigenvalue weighted by atomic mass is 10.2. The molecule has 1 saturated heterocycles. The third-order valence-corrected chi connectivity index (χ3v) is 6.06. The van der Waals surface area contributed by atoms with Crippen molar-refractivity contribution in [3.05, 3.63) is 15.1 Å². The van der Waals surface area contributed by atoms with E-state index in [9.17, 15) is 0 Å². The van der Waals surface area contributed by atoms with E-state index in [1.165, 1.54) is 40.7 Å². The molecule has 0 spiro atoms. The van der Waals surface area contributed by atoms with Gasteiger partial charge in [0.05, 0.1) is 14.5 Å². The molecule has 5 heteroatoms. The molecule has 1 saturated carbocycles. The third-order valence-electron chi connectivity index (χ3n) is 3.62. The Morgan fingerprint density at radius 2 is 2.16 bits per heavy atom. The van der Waals surface area contributed by atoms with Gasteiger partial charge < -0.3 is 5.32 Å². The van der Waals surface area contributed by atoms with Crippen LogP contribution in [0.4, 0.5) is 5.82 Å². The molecule has 0 amide bonds. The standard InChI is InChI=1S/C14H20IN3S/c1-2-7-16-14-11(15)12(9-5-6-9)17-13(18-14)10-4-3-8-19-10/h9-10H,2-8H2,1H3,(H,16,17,18). The Labute approximate surface area is 132 Å². The molecule has 1 N–H and O–H groups in total. The number of nitrogens with zero attached hydrogens (tertiary/aromatic N) is 2. The van der Waals surface area contributed by atoms with E-state index < -0.39 is 0 Å². The topological polar surface area (TPSA) is 37.8 Å². The van der Waals surface area contributed by atoms with Crippen LogP contribution in [0.15, 0.2) is 0 Å². The van der Waals surface area contributed by atoms with Crippen LogP contribution in [0.3, 0.4) is 0 Å². The lowest BCUT2D eigenvalue weighted by molar-refractivity contribution is 0.761. The second kappa shape index (κ2) is 6.16. The second-order valence-electron chi connectivity index (χ2n) is 5.33. The molecule has 1 aliphatic heterocycles. The maximum Gasteiger partial charge on any atom is 0.144 e. The molecular formula is C14H20IN3S. The average Bonchev–Trinajstić information content (AvgIpc) is 3.11. The smallest absolute Gasteiger partial charge is 0.144 e. The largest absolute Gasteiger partial charge is 0.369 e. The van der Waals surface area contributed by atoms with Crippen molar-refractivity contribution in [2.24, 2.45) is 0 Å². The van der Waals surface area contributed by atoms with E-state index in [2.05, 4.69) is 34.8 Å². The van der Waals surface area contributed by atoms with Gasteiger partial charge in [0.2, 0.25) is 0 Å². The van der Waals surface area contributed by atoms with Crippen LogP contribution in [0.1, 0.15) is 61.7 Å². The summed E-state index contributed by atoms with van der Waals surface area (Å²) in [6.07, 6.45) is 6.28. The first-order valence-electron chi connectivity index (χ1n) is 7.22. The summed E-state index contributed by atoms with van der Waals surface area (Å²) in [5.74, 6) is 4.10. The normalized spacial score (nSPS) is 22.7. The lowest BCUT2D eigenvalue weighted by Crippen LogP contribution is -2.11. The number of thioether (sulfide) groups is 1. The summed E-state index contributed by atoms with van der Waals surface area (Å²) in [5, 5.41) is 4.01. The van der Waals surface area contributed by atoms with Gasteiger partial charge in [-0.25, -0.2) is 9.97 Å². The molecule has 3 nitrogen and oxygen atoms in total. The van der Waals surface area contributed by atoms with Crippen LogP contribution in [0.2, 0.25) is 0 Å². The molecule has 0 radical (unpaired) electrons. The van der Waals surface area contributed by atoms with Gasteiger partial charge in [0.15, 0.2) is 0 Å². The molecular weight excluding hydrogens is 369 g/mol. The maximum atomic E-state index is 4.91. The van der Waals surface area contributed by atoms with Crippen LogP contribution < -0.4 is 5.32 Å². The molecule has 2 aliphatic rings. The molecule has 1 aromatic heterocycles. The fourth-order valence-electron chi connectivity index (χ4n) is 2.40. The van der Waals surface area contributed by atoms with E-state index >= 15 is 0 Å². The van der Waals surface area contributed by atoms with Gasteiger partial charge in [0.1, 0.15) is 11.6 Å². The van der Waals surface area contributed by atoms with Crippen molar-refractivity contribution in [1.29, 1.82) is 0 Å². The van der Waals surface area contributed by atoms with Crippen molar-refractivity contribution in [3.63, 3.8) is 0 Å². The third kappa shape index (κ3) is 3.17. The molecule has 3 rings (SSSR count). The van der Waals surface area contributed by atoms with Crippen LogP contribution in [-0.4, -0.2) is 22.3 Å². The minimum absolute atomic E-state index is 0.525. The van der Waals surface area contributed by atoms with Crippen molar-refractivity contribution < 1.29 is 0 Å². The van der Waals surface area contributed by atoms with E-state index in [1.807, 2.05) is 11.8 Å². The van der Waals surface area contributed by atoms with E-state index in [1.54, 1.807) is 0 Å². The summed E-state index contributed by atoms with van der Waals surface area (Å²) >= 11 is 4.44. The Hall–Kier alpha value is -0.0400. The number of halogens is 1. The van der Waals surface area contributed by atoms with Gasteiger partial charge >= 0.3 is 0 Å². The molecule has 1 atom stereocenters. The van der Waals surface area contributed by atoms with Gasteiger partial charge in [-0.05, 0) is 60.4 Å². The molecule has 104 valence electrons. The van der Waals surface area contributed by atoms with E-state index in [-0.39, 0.29) is 0 Å². The Kier molecular flexibility index (Phi) is 4.51. The van der Waals surface area contributed by atoms with Crippen molar-refractivity contribution in [2.75, 3.05) is 17.6 Å². The SMILES string of the molecule is CCCNc1nc(C2CCCS2)nc(C2CC2)c1I. The summed E-state index contributed by atoms with van der Waals surface area (Å²) in [7, 11) is 0. The highest BCUT2D eigenvalue weighted by Crippen LogP contribution is 2.44. The molecule has 0 bridgehead atoms. The van der Waals surface area contributed by atoms with Crippen LogP contribution in [0.5, 0.6) is 0 Å². The van der Waals surface area contributed by atoms with Crippen LogP contribution in [0, 0.1) is 3.57 Å². The zero-order chi connectivity index (χ0) is 13.2. The minimum atomic E-state index is 0.525. The number of aromatic nitrogens is 2. The summed E-state index contributed by atoms with van der Waals surface area (Å²) < 4.78 is 1.25. The Bertz CT molecular complexity index is 456. The lowest BCUT2D eigenvalue weighted by Gasteiger charge is -2.15. The molecule has 19 heavy (non-hydrogen) atoms. The van der Waals surface area contributed by atoms with Crippen LogP contribution >= 0.6 is 34.4 Å². The number of hydrogen-bond donors (Lipinski definition) is 1. The minimum Gasteiger partial charge on any atom is -0.369 e. The van der Waals surface area contributed by atoms with E-state index in [0.717, 1.165) is 24.6 Å². The fourth-order valence-corrected chi connectivity index (χ4v) is 4.47. The van der Waals surface area contributed by atoms with Crippen molar-refractivity contribution in [1.82, 2.24) is 9.97 Å². The van der Waals surface area contributed by atoms with Crippen molar-refractivity contribution in [3.8, 4) is 0 Å². The van der Waals surface area contributed by atoms with Gasteiger partial charge in [-0.2, -0.15) is 11.8 Å². The van der Waals surface area contributed by atoms with Crippen molar-refractivity contribution in [2.45, 2.75) is 50.2 Å². The molecule has 2 heterocycles. The Morgan fingerprint density at radius 3 is 2.79 bits per heavy atom. The number of anilines is 1. The van der Waals surface area contributed by atoms with Gasteiger partial charge in [-0.3, -0.25) is 0 Å². The summed E-state index contributed by atoms with van der Waals surface area (Å²) in [4.78, 5) is 9.72. The summed E-state index contributed by atoms with van der Waals surface area (Å²) in [6, 6.07) is 0. The zero-order valence-electron chi connectivity index (χ0n) is 11.3. The number of rotatable bonds is 5. The highest BCUT2D eigenvalue weighted by Gasteiger charge is 2.31. The van der Waals surface area contributed by atoms with Gasteiger partial charge in [0.25, 0.3) is 0 Å². The Balaban J connectivity index is 1.92. The first kappa shape index (κ1) is 13.9. The van der Waals surface area contributed by atoms with Gasteiger partial charge in [0, 0.05) is 12.5 Å². The van der Waals surface area contributed by atoms with E-state index in [0.29, 0.717) is 11.2 Å². The predicted octanol–water partition coefficient (Wildman–Crippen LogP) is 4.35. The first-order valence-corrected chi connectivity index (χ1v) is 9.35. The average molecular weight is 389 g/mol. The summed E-state index contributed by atoms with van der Waals surface area (Å²) in [6.45, 7) is 3.19. The number of hydrogen-bond acceptors (Lipinski definition) is 4. The molecule has 1 aliphatic carbocycles. The van der Waals surface area contributed by atoms with Crippen molar-refractivity contribution >= 4 is 40.2 Å². The molecule has 1 aromatic rings. The quantitative estimate of drug-likeness (QED) is 0.760. The molecule has 0 aromatic carbocycles. The second-order valence-corrected chi connectivity index (χ2v) is 7.72.